The van der Waals surface area contributed by atoms with E-state index in [-0.39, 0.29) is 0 Å². The summed E-state index contributed by atoms with van der Waals surface area (Å²) in [7, 11) is 0. The lowest BCUT2D eigenvalue weighted by atomic mass is 10.2. The van der Waals surface area contributed by atoms with Crippen LogP contribution < -0.4 is 5.73 Å². The smallest absolute Gasteiger partial charge is 0.241 e. The maximum Gasteiger partial charge on any atom is 0.241 e. The maximum absolute atomic E-state index is 10.5. The number of hydrogen-bond donors (Lipinski definition) is 1. The highest BCUT2D eigenvalue weighted by molar-refractivity contribution is 6.40. The molecule has 0 aliphatic rings. The van der Waals surface area contributed by atoms with E-state index in [1.807, 2.05) is 0 Å². The quantitative estimate of drug-likeness (QED) is 0.805. The highest BCUT2D eigenvalue weighted by Crippen LogP contribution is 2.29. The number of carbonyl (C=O) groups excluding carboxylic acids is 1. The van der Waals surface area contributed by atoms with Gasteiger partial charge in [0.25, 0.3) is 0 Å². The van der Waals surface area contributed by atoms with Gasteiger partial charge in [-0.3, -0.25) is 4.79 Å². The number of halogens is 3. The Morgan fingerprint density at radius 3 is 2.14 bits per heavy atom. The Hall–Kier alpha value is -0.700. The molecular weight excluding hydrogens is 244 g/mol. The number of carbonyl (C=O) groups is 1. The molecule has 1 aromatic carbocycles. The maximum atomic E-state index is 10.5. The first-order chi connectivity index (χ1) is 6.50. The molecule has 0 aliphatic carbocycles. The lowest BCUT2D eigenvalue weighted by molar-refractivity contribution is -0.113. The molecule has 2 nitrogen and oxygen atoms in total. The van der Waals surface area contributed by atoms with Gasteiger partial charge in [0.1, 0.15) is 0 Å². The van der Waals surface area contributed by atoms with Gasteiger partial charge in [-0.25, -0.2) is 0 Å². The Morgan fingerprint density at radius 2 is 1.71 bits per heavy atom. The molecule has 0 aromatic heterocycles. The van der Waals surface area contributed by atoms with E-state index in [1.165, 1.54) is 24.3 Å². The summed E-state index contributed by atoms with van der Waals surface area (Å²) in [6.07, 6.45) is 2.63. The Bertz CT molecular complexity index is 378. The molecule has 0 spiro atoms. The van der Waals surface area contributed by atoms with E-state index in [1.54, 1.807) is 0 Å². The Kier molecular flexibility index (Phi) is 3.81. The summed E-state index contributed by atoms with van der Waals surface area (Å²) in [5, 5.41) is 1.19. The van der Waals surface area contributed by atoms with Crippen LogP contribution in [0.25, 0.3) is 6.08 Å². The van der Waals surface area contributed by atoms with Crippen molar-refractivity contribution in [1.82, 2.24) is 0 Å². The number of benzene rings is 1. The monoisotopic (exact) mass is 249 g/mol. The van der Waals surface area contributed by atoms with Crippen molar-refractivity contribution >= 4 is 46.8 Å². The van der Waals surface area contributed by atoms with E-state index in [4.69, 9.17) is 40.5 Å². The van der Waals surface area contributed by atoms with E-state index >= 15 is 0 Å². The Labute approximate surface area is 96.2 Å². The van der Waals surface area contributed by atoms with Crippen LogP contribution in [0.3, 0.4) is 0 Å². The average molecular weight is 251 g/mol. The third kappa shape index (κ3) is 2.91. The number of rotatable bonds is 2. The minimum Gasteiger partial charge on any atom is -0.366 e. The van der Waals surface area contributed by atoms with Gasteiger partial charge in [0.2, 0.25) is 5.91 Å². The number of amides is 1. The molecule has 5 heteroatoms. The summed E-state index contributed by atoms with van der Waals surface area (Å²) in [6, 6.07) is 3.07. The van der Waals surface area contributed by atoms with Gasteiger partial charge < -0.3 is 5.73 Å². The molecule has 0 heterocycles. The van der Waals surface area contributed by atoms with E-state index in [9.17, 15) is 4.79 Å². The van der Waals surface area contributed by atoms with E-state index < -0.39 is 5.91 Å². The van der Waals surface area contributed by atoms with Crippen LogP contribution in [-0.2, 0) is 4.79 Å². The number of hydrogen-bond acceptors (Lipinski definition) is 1. The van der Waals surface area contributed by atoms with Crippen molar-refractivity contribution in [2.75, 3.05) is 0 Å². The third-order valence-electron chi connectivity index (χ3n) is 1.46. The SMILES string of the molecule is NC(=O)C=Cc1c(Cl)cc(Cl)cc1Cl. The van der Waals surface area contributed by atoms with Gasteiger partial charge in [-0.1, -0.05) is 34.8 Å². The fourth-order valence-corrected chi connectivity index (χ4v) is 1.82. The summed E-state index contributed by atoms with van der Waals surface area (Å²) >= 11 is 17.4. The average Bonchev–Trinajstić information content (AvgIpc) is 2.01. The normalized spacial score (nSPS) is 10.8. The Balaban J connectivity index is 3.15. The van der Waals surface area contributed by atoms with Crippen molar-refractivity contribution < 1.29 is 4.79 Å². The molecule has 0 saturated carbocycles. The molecule has 0 saturated heterocycles. The first kappa shape index (κ1) is 11.4. The molecule has 0 fully saturated rings. The van der Waals surface area contributed by atoms with Crippen LogP contribution in [0.4, 0.5) is 0 Å². The van der Waals surface area contributed by atoms with Crippen molar-refractivity contribution in [3.8, 4) is 0 Å². The van der Waals surface area contributed by atoms with Crippen LogP contribution >= 0.6 is 34.8 Å². The molecule has 1 aromatic rings. The lowest BCUT2D eigenvalue weighted by Crippen LogP contribution is -2.05. The minimum absolute atomic E-state index is 0.375. The zero-order chi connectivity index (χ0) is 10.7. The van der Waals surface area contributed by atoms with Crippen molar-refractivity contribution in [1.29, 1.82) is 0 Å². The summed E-state index contributed by atoms with van der Waals surface area (Å²) < 4.78 is 0. The van der Waals surface area contributed by atoms with Crippen molar-refractivity contribution in [2.45, 2.75) is 0 Å². The zero-order valence-corrected chi connectivity index (χ0v) is 9.20. The van der Waals surface area contributed by atoms with Crippen molar-refractivity contribution in [2.24, 2.45) is 5.73 Å². The van der Waals surface area contributed by atoms with Crippen LogP contribution in [0.15, 0.2) is 18.2 Å². The van der Waals surface area contributed by atoms with Crippen molar-refractivity contribution in [3.05, 3.63) is 38.8 Å². The standard InChI is InChI=1S/C9H6Cl3NO/c10-5-3-7(11)6(8(12)4-5)1-2-9(13)14/h1-4H,(H2,13,14). The molecule has 0 bridgehead atoms. The van der Waals surface area contributed by atoms with E-state index in [0.29, 0.717) is 20.6 Å². The van der Waals surface area contributed by atoms with Gasteiger partial charge >= 0.3 is 0 Å². The third-order valence-corrected chi connectivity index (χ3v) is 2.30. The van der Waals surface area contributed by atoms with Gasteiger partial charge in [-0.05, 0) is 18.2 Å². The van der Waals surface area contributed by atoms with Crippen molar-refractivity contribution in [3.63, 3.8) is 0 Å². The molecule has 0 atom stereocenters. The molecule has 0 unspecified atom stereocenters. The predicted molar refractivity (Wildman–Crippen MR) is 59.7 cm³/mol. The summed E-state index contributed by atoms with van der Waals surface area (Å²) in [5.41, 5.74) is 5.46. The van der Waals surface area contributed by atoms with Gasteiger partial charge in [0, 0.05) is 16.7 Å². The minimum atomic E-state index is -0.563. The molecule has 74 valence electrons. The topological polar surface area (TPSA) is 43.1 Å². The highest BCUT2D eigenvalue weighted by atomic mass is 35.5. The van der Waals surface area contributed by atoms with Crippen LogP contribution in [0.5, 0.6) is 0 Å². The van der Waals surface area contributed by atoms with Crippen LogP contribution in [0.1, 0.15) is 5.56 Å². The van der Waals surface area contributed by atoms with Gasteiger partial charge in [0.15, 0.2) is 0 Å². The Morgan fingerprint density at radius 1 is 1.21 bits per heavy atom. The first-order valence-corrected chi connectivity index (χ1v) is 4.76. The molecule has 2 N–H and O–H groups in total. The van der Waals surface area contributed by atoms with Gasteiger partial charge in [-0.2, -0.15) is 0 Å². The fourth-order valence-electron chi connectivity index (χ4n) is 0.878. The highest BCUT2D eigenvalue weighted by Gasteiger charge is 2.04. The van der Waals surface area contributed by atoms with E-state index in [2.05, 4.69) is 0 Å². The summed E-state index contributed by atoms with van der Waals surface area (Å²) in [5.74, 6) is -0.563. The second kappa shape index (κ2) is 4.69. The molecule has 14 heavy (non-hydrogen) atoms. The second-order valence-corrected chi connectivity index (χ2v) is 3.77. The van der Waals surface area contributed by atoms with Crippen LogP contribution in [0.2, 0.25) is 15.1 Å². The van der Waals surface area contributed by atoms with Crippen LogP contribution in [0, 0.1) is 0 Å². The fraction of sp³-hybridized carbons (Fsp3) is 0. The molecule has 0 aliphatic heterocycles. The molecular formula is C9H6Cl3NO. The van der Waals surface area contributed by atoms with Gasteiger partial charge in [0.05, 0.1) is 10.0 Å². The first-order valence-electron chi connectivity index (χ1n) is 3.63. The largest absolute Gasteiger partial charge is 0.366 e. The second-order valence-electron chi connectivity index (χ2n) is 2.52. The summed E-state index contributed by atoms with van der Waals surface area (Å²) in [6.45, 7) is 0. The summed E-state index contributed by atoms with van der Waals surface area (Å²) in [4.78, 5) is 10.5. The molecule has 1 rings (SSSR count). The van der Waals surface area contributed by atoms with Gasteiger partial charge in [-0.15, -0.1) is 0 Å². The molecule has 1 amide bonds. The predicted octanol–water partition coefficient (Wildman–Crippen LogP) is 3.15. The number of nitrogens with two attached hydrogens (primary N) is 1. The zero-order valence-electron chi connectivity index (χ0n) is 6.93. The lowest BCUT2D eigenvalue weighted by Gasteiger charge is -2.01. The van der Waals surface area contributed by atoms with E-state index in [0.717, 1.165) is 0 Å². The molecule has 0 radical (unpaired) electrons. The number of primary amides is 1. The van der Waals surface area contributed by atoms with Crippen LogP contribution in [-0.4, -0.2) is 5.91 Å².